The predicted molar refractivity (Wildman–Crippen MR) is 98.3 cm³/mol. The molecule has 0 radical (unpaired) electrons. The van der Waals surface area contributed by atoms with Crippen LogP contribution in [0, 0.1) is 5.82 Å². The molecule has 1 nitrogen and oxygen atoms in total. The zero-order valence-electron chi connectivity index (χ0n) is 14.9. The lowest BCUT2D eigenvalue weighted by atomic mass is 9.93. The van der Waals surface area contributed by atoms with Crippen LogP contribution in [0.15, 0.2) is 43.5 Å². The minimum atomic E-state index is -4.45. The Morgan fingerprint density at radius 2 is 1.69 bits per heavy atom. The second-order valence-corrected chi connectivity index (χ2v) is 6.00. The molecule has 2 rings (SSSR count). The molecule has 0 aliphatic heterocycles. The van der Waals surface area contributed by atoms with Gasteiger partial charge in [-0.15, -0.1) is 24.8 Å². The minimum Gasteiger partial charge on any atom is -0.496 e. The summed E-state index contributed by atoms with van der Waals surface area (Å²) >= 11 is 5.85. The molecule has 142 valence electrons. The first-order valence-electron chi connectivity index (χ1n) is 7.83. The predicted octanol–water partition coefficient (Wildman–Crippen LogP) is 7.18. The average Bonchev–Trinajstić information content (AvgIpc) is 2.61. The fourth-order valence-corrected chi connectivity index (χ4v) is 2.76. The van der Waals surface area contributed by atoms with Crippen molar-refractivity contribution in [1.29, 1.82) is 0 Å². The van der Waals surface area contributed by atoms with Crippen LogP contribution in [0.2, 0.25) is 0 Å². The van der Waals surface area contributed by atoms with Gasteiger partial charge in [0.2, 0.25) is 0 Å². The van der Waals surface area contributed by atoms with E-state index >= 15 is 0 Å². The van der Waals surface area contributed by atoms with E-state index in [0.717, 1.165) is 12.1 Å². The van der Waals surface area contributed by atoms with Crippen LogP contribution in [0.1, 0.15) is 36.5 Å². The number of methoxy groups -OCH3 is 1. The van der Waals surface area contributed by atoms with E-state index in [2.05, 4.69) is 13.2 Å². The highest BCUT2D eigenvalue weighted by Gasteiger charge is 2.31. The molecule has 0 atom stereocenters. The third-order valence-electron chi connectivity index (χ3n) is 3.81. The Balaban J connectivity index is 0.00000163. The van der Waals surface area contributed by atoms with Crippen molar-refractivity contribution in [2.24, 2.45) is 0 Å². The number of ether oxygens (including phenoxy) is 1. The number of alkyl halides is 4. The molecule has 2 aromatic rings. The second kappa shape index (κ2) is 9.08. The van der Waals surface area contributed by atoms with E-state index in [1.165, 1.54) is 19.2 Å². The molecule has 0 unspecified atom stereocenters. The molecule has 0 spiro atoms. The Morgan fingerprint density at radius 1 is 1.08 bits per heavy atom. The Labute approximate surface area is 156 Å². The molecule has 0 bridgehead atoms. The maximum absolute atomic E-state index is 14.1. The van der Waals surface area contributed by atoms with E-state index in [1.54, 1.807) is 6.07 Å². The van der Waals surface area contributed by atoms with E-state index in [1.807, 2.05) is 13.8 Å². The van der Waals surface area contributed by atoms with E-state index in [9.17, 15) is 17.6 Å². The van der Waals surface area contributed by atoms with Crippen LogP contribution >= 0.6 is 11.6 Å². The Kier molecular flexibility index (Phi) is 7.69. The van der Waals surface area contributed by atoms with Crippen molar-refractivity contribution in [3.8, 4) is 16.9 Å². The molecule has 0 fully saturated rings. The molecule has 0 aliphatic carbocycles. The molecular formula is C20H21ClF4O. The van der Waals surface area contributed by atoms with Crippen LogP contribution in [0.4, 0.5) is 17.6 Å². The molecular weight excluding hydrogens is 368 g/mol. The summed E-state index contributed by atoms with van der Waals surface area (Å²) in [7, 11) is 1.39. The summed E-state index contributed by atoms with van der Waals surface area (Å²) in [5.41, 5.74) is 1.02. The van der Waals surface area contributed by atoms with Gasteiger partial charge < -0.3 is 4.74 Å². The molecule has 0 aromatic heterocycles. The van der Waals surface area contributed by atoms with Gasteiger partial charge in [0.1, 0.15) is 11.6 Å². The van der Waals surface area contributed by atoms with Crippen molar-refractivity contribution in [2.75, 3.05) is 7.11 Å². The van der Waals surface area contributed by atoms with Crippen LogP contribution in [0.25, 0.3) is 11.1 Å². The fraction of sp³-hybridized carbons (Fsp3) is 0.300. The van der Waals surface area contributed by atoms with E-state index < -0.39 is 17.6 Å². The summed E-state index contributed by atoms with van der Waals surface area (Å²) in [6.45, 7) is 9.67. The Morgan fingerprint density at radius 3 is 2.15 bits per heavy atom. The number of rotatable bonds is 4. The average molecular weight is 389 g/mol. The van der Waals surface area contributed by atoms with E-state index in [4.69, 9.17) is 16.3 Å². The van der Waals surface area contributed by atoms with Crippen LogP contribution in [-0.2, 0) is 12.1 Å². The van der Waals surface area contributed by atoms with Gasteiger partial charge in [-0.3, -0.25) is 0 Å². The highest BCUT2D eigenvalue weighted by atomic mass is 35.5. The van der Waals surface area contributed by atoms with Crippen LogP contribution in [0.5, 0.6) is 5.75 Å². The van der Waals surface area contributed by atoms with Gasteiger partial charge in [0.15, 0.2) is 0 Å². The maximum Gasteiger partial charge on any atom is 0.416 e. The van der Waals surface area contributed by atoms with Gasteiger partial charge in [-0.2, -0.15) is 13.2 Å². The van der Waals surface area contributed by atoms with E-state index in [-0.39, 0.29) is 17.5 Å². The van der Waals surface area contributed by atoms with Gasteiger partial charge in [-0.25, -0.2) is 4.39 Å². The normalized spacial score (nSPS) is 11.1. The first-order valence-corrected chi connectivity index (χ1v) is 8.36. The number of hydrogen-bond acceptors (Lipinski definition) is 1. The zero-order chi connectivity index (χ0) is 20.1. The van der Waals surface area contributed by atoms with E-state index in [0.29, 0.717) is 22.3 Å². The summed E-state index contributed by atoms with van der Waals surface area (Å²) in [4.78, 5) is 0. The standard InChI is InChI=1S/C18H17ClF4O.C2H4/c1-10(2)14-7-15(17(24-3)8-16(14)20)13-5-4-12(18(21,22)23)6-11(13)9-19;1-2/h4-8,10H,9H2,1-3H3;1-2H2. The lowest BCUT2D eigenvalue weighted by molar-refractivity contribution is -0.137. The largest absolute Gasteiger partial charge is 0.496 e. The lowest BCUT2D eigenvalue weighted by Crippen LogP contribution is -2.06. The van der Waals surface area contributed by atoms with Crippen LogP contribution < -0.4 is 4.74 Å². The van der Waals surface area contributed by atoms with Crippen molar-refractivity contribution in [2.45, 2.75) is 31.8 Å². The molecule has 2 aromatic carbocycles. The summed E-state index contributed by atoms with van der Waals surface area (Å²) in [6, 6.07) is 6.21. The fourth-order valence-electron chi connectivity index (χ4n) is 2.54. The van der Waals surface area contributed by atoms with Crippen molar-refractivity contribution < 1.29 is 22.3 Å². The van der Waals surface area contributed by atoms with Crippen LogP contribution in [0.3, 0.4) is 0 Å². The topological polar surface area (TPSA) is 9.23 Å². The first-order chi connectivity index (χ1) is 12.2. The van der Waals surface area contributed by atoms with Crippen molar-refractivity contribution in [3.05, 3.63) is 66.0 Å². The number of benzene rings is 2. The molecule has 0 aliphatic rings. The Hall–Kier alpha value is -2.01. The molecule has 26 heavy (non-hydrogen) atoms. The number of halogens is 5. The van der Waals surface area contributed by atoms with Gasteiger partial charge in [0.05, 0.1) is 12.7 Å². The summed E-state index contributed by atoms with van der Waals surface area (Å²) in [6.07, 6.45) is -4.45. The second-order valence-electron chi connectivity index (χ2n) is 5.73. The van der Waals surface area contributed by atoms with Gasteiger partial charge >= 0.3 is 6.18 Å². The zero-order valence-corrected chi connectivity index (χ0v) is 15.6. The smallest absolute Gasteiger partial charge is 0.416 e. The van der Waals surface area contributed by atoms with Gasteiger partial charge in [-0.05, 0) is 40.8 Å². The van der Waals surface area contributed by atoms with Gasteiger partial charge in [0.25, 0.3) is 0 Å². The van der Waals surface area contributed by atoms with Gasteiger partial charge in [-0.1, -0.05) is 19.9 Å². The summed E-state index contributed by atoms with van der Waals surface area (Å²) < 4.78 is 58.0. The van der Waals surface area contributed by atoms with Crippen molar-refractivity contribution in [1.82, 2.24) is 0 Å². The molecule has 0 saturated heterocycles. The molecule has 6 heteroatoms. The third kappa shape index (κ3) is 4.79. The van der Waals surface area contributed by atoms with Crippen molar-refractivity contribution in [3.63, 3.8) is 0 Å². The van der Waals surface area contributed by atoms with Crippen molar-refractivity contribution >= 4 is 11.6 Å². The van der Waals surface area contributed by atoms with Crippen LogP contribution in [-0.4, -0.2) is 7.11 Å². The molecule has 0 N–H and O–H groups in total. The van der Waals surface area contributed by atoms with Gasteiger partial charge in [0, 0.05) is 17.5 Å². The maximum atomic E-state index is 14.1. The first kappa shape index (κ1) is 22.0. The summed E-state index contributed by atoms with van der Waals surface area (Å²) in [5, 5.41) is 0. The molecule has 0 amide bonds. The highest BCUT2D eigenvalue weighted by Crippen LogP contribution is 2.39. The SMILES string of the molecule is C=C.COc1cc(F)c(C(C)C)cc1-c1ccc(C(F)(F)F)cc1CCl. The summed E-state index contributed by atoms with van der Waals surface area (Å²) in [5.74, 6) is -0.340. The Bertz CT molecular complexity index is 754. The minimum absolute atomic E-state index is 0.0800. The quantitative estimate of drug-likeness (QED) is 0.306. The lowest BCUT2D eigenvalue weighted by Gasteiger charge is -2.17. The molecule has 0 heterocycles. The monoisotopic (exact) mass is 388 g/mol. The highest BCUT2D eigenvalue weighted by molar-refractivity contribution is 6.17. The third-order valence-corrected chi connectivity index (χ3v) is 4.10. The molecule has 0 saturated carbocycles. The number of hydrogen-bond donors (Lipinski definition) is 0.